The number of aromatic nitrogens is 2. The lowest BCUT2D eigenvalue weighted by Gasteiger charge is -2.55. The molecule has 3 aliphatic rings. The first kappa shape index (κ1) is 18.0. The van der Waals surface area contributed by atoms with Crippen LogP contribution in [0.5, 0.6) is 0 Å². The van der Waals surface area contributed by atoms with Crippen molar-refractivity contribution in [3.05, 3.63) is 18.0 Å². The number of rotatable bonds is 2. The van der Waals surface area contributed by atoms with Crippen molar-refractivity contribution in [2.24, 2.45) is 11.3 Å². The van der Waals surface area contributed by atoms with Crippen molar-refractivity contribution in [1.82, 2.24) is 14.7 Å². The Bertz CT molecular complexity index is 676. The molecule has 1 aliphatic heterocycles. The third-order valence-electron chi connectivity index (χ3n) is 6.85. The zero-order valence-corrected chi connectivity index (χ0v) is 16.7. The number of carbonyl (C=O) groups is 1. The lowest BCUT2D eigenvalue weighted by molar-refractivity contribution is -0.163. The van der Waals surface area contributed by atoms with Crippen LogP contribution in [0.1, 0.15) is 77.8 Å². The van der Waals surface area contributed by atoms with Crippen molar-refractivity contribution >= 4 is 5.91 Å². The fraction of sp³-hybridized carbons (Fsp3) is 0.810. The van der Waals surface area contributed by atoms with Crippen molar-refractivity contribution in [3.63, 3.8) is 0 Å². The number of amides is 1. The smallest absolute Gasteiger partial charge is 0.225 e. The first-order valence-electron chi connectivity index (χ1n) is 10.1. The zero-order valence-electron chi connectivity index (χ0n) is 16.7. The number of likely N-dealkylation sites (tertiary alicyclic amines) is 1. The van der Waals surface area contributed by atoms with Crippen LogP contribution in [-0.4, -0.2) is 44.4 Å². The molecule has 2 heterocycles. The molecule has 5 nitrogen and oxygen atoms in total. The maximum atomic E-state index is 12.5. The summed E-state index contributed by atoms with van der Waals surface area (Å²) in [6.07, 6.45) is 8.14. The van der Waals surface area contributed by atoms with Gasteiger partial charge >= 0.3 is 0 Å². The van der Waals surface area contributed by atoms with Gasteiger partial charge in [0.05, 0.1) is 16.8 Å². The number of aliphatic hydroxyl groups is 1. The summed E-state index contributed by atoms with van der Waals surface area (Å²) in [6.45, 7) is 10.2. The second-order valence-electron chi connectivity index (χ2n) is 10.4. The molecule has 0 bridgehead atoms. The summed E-state index contributed by atoms with van der Waals surface area (Å²) in [5.41, 5.74) is 1.01. The summed E-state index contributed by atoms with van der Waals surface area (Å²) in [6, 6.07) is 2.19. The first-order valence-corrected chi connectivity index (χ1v) is 10.1. The van der Waals surface area contributed by atoms with Crippen LogP contribution < -0.4 is 0 Å². The molecule has 0 aromatic carbocycles. The predicted octanol–water partition coefficient (Wildman–Crippen LogP) is 3.29. The van der Waals surface area contributed by atoms with Crippen LogP contribution in [-0.2, 0) is 10.3 Å². The van der Waals surface area contributed by atoms with Crippen molar-refractivity contribution in [2.45, 2.75) is 83.3 Å². The molecule has 1 spiro atoms. The highest BCUT2D eigenvalue weighted by Gasteiger charge is 2.51. The van der Waals surface area contributed by atoms with Crippen LogP contribution in [0.3, 0.4) is 0 Å². The normalized spacial score (nSPS) is 31.6. The summed E-state index contributed by atoms with van der Waals surface area (Å²) in [4.78, 5) is 14.5. The second-order valence-corrected chi connectivity index (χ2v) is 10.4. The van der Waals surface area contributed by atoms with Crippen LogP contribution in [0.4, 0.5) is 0 Å². The molecular weight excluding hydrogens is 326 g/mol. The van der Waals surface area contributed by atoms with Crippen LogP contribution >= 0.6 is 0 Å². The molecule has 1 saturated heterocycles. The summed E-state index contributed by atoms with van der Waals surface area (Å²) < 4.78 is 2.07. The van der Waals surface area contributed by atoms with Gasteiger partial charge in [-0.1, -0.05) is 0 Å². The molecule has 144 valence electrons. The standard InChI is InChI=1S/C21H33N3O2/c1-19(2,3)24-10-7-17(22-24)15-5-8-21(9-6-15)13-23(14-21)18(25)16-11-20(4,26)12-16/h7,10,15-16,26H,5-6,8-9,11-14H2,1-4H3/t16-,20+. The zero-order chi connectivity index (χ0) is 18.7. The van der Waals surface area contributed by atoms with Gasteiger partial charge in [-0.3, -0.25) is 9.48 Å². The summed E-state index contributed by atoms with van der Waals surface area (Å²) in [5.74, 6) is 0.893. The minimum absolute atomic E-state index is 0.0369. The topological polar surface area (TPSA) is 58.4 Å². The number of hydrogen-bond acceptors (Lipinski definition) is 3. The molecule has 0 atom stereocenters. The Morgan fingerprint density at radius 1 is 1.23 bits per heavy atom. The lowest BCUT2D eigenvalue weighted by atomic mass is 9.64. The molecule has 4 rings (SSSR count). The largest absolute Gasteiger partial charge is 0.390 e. The maximum Gasteiger partial charge on any atom is 0.225 e. The predicted molar refractivity (Wildman–Crippen MR) is 101 cm³/mol. The molecule has 5 heteroatoms. The Labute approximate surface area is 156 Å². The van der Waals surface area contributed by atoms with E-state index < -0.39 is 5.60 Å². The Morgan fingerprint density at radius 2 is 1.85 bits per heavy atom. The minimum atomic E-state index is -0.614. The van der Waals surface area contributed by atoms with E-state index in [0.29, 0.717) is 24.2 Å². The van der Waals surface area contributed by atoms with Crippen LogP contribution in [0, 0.1) is 11.3 Å². The summed E-state index contributed by atoms with van der Waals surface area (Å²) >= 11 is 0. The monoisotopic (exact) mass is 359 g/mol. The van der Waals surface area contributed by atoms with E-state index in [1.165, 1.54) is 31.4 Å². The third kappa shape index (κ3) is 3.19. The van der Waals surface area contributed by atoms with E-state index in [-0.39, 0.29) is 17.4 Å². The van der Waals surface area contributed by atoms with Gasteiger partial charge in [0.2, 0.25) is 5.91 Å². The van der Waals surface area contributed by atoms with Gasteiger partial charge in [0.15, 0.2) is 0 Å². The van der Waals surface area contributed by atoms with E-state index >= 15 is 0 Å². The van der Waals surface area contributed by atoms with Gasteiger partial charge in [-0.15, -0.1) is 0 Å². The minimum Gasteiger partial charge on any atom is -0.390 e. The van der Waals surface area contributed by atoms with Crippen molar-refractivity contribution in [2.75, 3.05) is 13.1 Å². The molecule has 1 aromatic heterocycles. The first-order chi connectivity index (χ1) is 12.1. The van der Waals surface area contributed by atoms with E-state index in [4.69, 9.17) is 5.10 Å². The SMILES string of the molecule is CC(C)(C)n1ccc(C2CCC3(CC2)CN(C(=O)[C@H]2C[C@@](C)(O)C2)C3)n1. The highest BCUT2D eigenvalue weighted by Crippen LogP contribution is 2.49. The molecule has 2 saturated carbocycles. The second kappa shape index (κ2) is 5.82. The van der Waals surface area contributed by atoms with Crippen molar-refractivity contribution in [1.29, 1.82) is 0 Å². The van der Waals surface area contributed by atoms with E-state index in [2.05, 4.69) is 37.7 Å². The van der Waals surface area contributed by atoms with Gasteiger partial charge in [-0.2, -0.15) is 5.10 Å². The average molecular weight is 360 g/mol. The third-order valence-corrected chi connectivity index (χ3v) is 6.85. The van der Waals surface area contributed by atoms with Gasteiger partial charge in [-0.25, -0.2) is 0 Å². The molecule has 1 aromatic rings. The molecule has 2 aliphatic carbocycles. The molecular formula is C21H33N3O2. The fourth-order valence-electron chi connectivity index (χ4n) is 5.13. The molecule has 3 fully saturated rings. The quantitative estimate of drug-likeness (QED) is 0.881. The number of carbonyl (C=O) groups excluding carboxylic acids is 1. The molecule has 0 radical (unpaired) electrons. The van der Waals surface area contributed by atoms with Crippen LogP contribution in [0.2, 0.25) is 0 Å². The highest BCUT2D eigenvalue weighted by molar-refractivity contribution is 5.81. The van der Waals surface area contributed by atoms with E-state index in [9.17, 15) is 9.90 Å². The van der Waals surface area contributed by atoms with E-state index in [1.54, 1.807) is 0 Å². The fourth-order valence-corrected chi connectivity index (χ4v) is 5.13. The summed E-state index contributed by atoms with van der Waals surface area (Å²) in [5, 5.41) is 14.7. The molecule has 1 amide bonds. The van der Waals surface area contributed by atoms with Gasteiger partial charge in [-0.05, 0) is 72.3 Å². The van der Waals surface area contributed by atoms with E-state index in [0.717, 1.165) is 13.1 Å². The van der Waals surface area contributed by atoms with Gasteiger partial charge < -0.3 is 10.0 Å². The van der Waals surface area contributed by atoms with Crippen molar-refractivity contribution in [3.8, 4) is 0 Å². The Balaban J connectivity index is 1.28. The lowest BCUT2D eigenvalue weighted by Crippen LogP contribution is -2.62. The number of nitrogens with zero attached hydrogens (tertiary/aromatic N) is 3. The molecule has 1 N–H and O–H groups in total. The maximum absolute atomic E-state index is 12.5. The average Bonchev–Trinajstić information content (AvgIpc) is 3.00. The highest BCUT2D eigenvalue weighted by atomic mass is 16.3. The number of hydrogen-bond donors (Lipinski definition) is 1. The Hall–Kier alpha value is -1.36. The van der Waals surface area contributed by atoms with Crippen LogP contribution in [0.25, 0.3) is 0 Å². The Morgan fingerprint density at radius 3 is 2.35 bits per heavy atom. The van der Waals surface area contributed by atoms with Gasteiger partial charge in [0.1, 0.15) is 0 Å². The Kier molecular flexibility index (Phi) is 4.03. The molecule has 26 heavy (non-hydrogen) atoms. The van der Waals surface area contributed by atoms with Crippen molar-refractivity contribution < 1.29 is 9.90 Å². The van der Waals surface area contributed by atoms with E-state index in [1.807, 2.05) is 11.8 Å². The molecule has 0 unspecified atom stereocenters. The van der Waals surface area contributed by atoms with Gasteiger partial charge in [0, 0.05) is 36.5 Å². The van der Waals surface area contributed by atoms with Gasteiger partial charge in [0.25, 0.3) is 0 Å². The van der Waals surface area contributed by atoms with Crippen LogP contribution in [0.15, 0.2) is 12.3 Å². The summed E-state index contributed by atoms with van der Waals surface area (Å²) in [7, 11) is 0.